The van der Waals surface area contributed by atoms with Gasteiger partial charge >= 0.3 is 0 Å². The van der Waals surface area contributed by atoms with Crippen molar-refractivity contribution < 1.29 is 0 Å². The molecule has 240 valence electrons. The van der Waals surface area contributed by atoms with Crippen molar-refractivity contribution in [2.75, 3.05) is 4.90 Å². The molecular formula is C48H33N3. The zero-order valence-corrected chi connectivity index (χ0v) is 27.9. The van der Waals surface area contributed by atoms with Crippen molar-refractivity contribution in [2.45, 2.75) is 0 Å². The summed E-state index contributed by atoms with van der Waals surface area (Å²) in [5.41, 5.74) is 12.9. The van der Waals surface area contributed by atoms with E-state index in [0.717, 1.165) is 28.4 Å². The maximum absolute atomic E-state index is 2.39. The van der Waals surface area contributed by atoms with Gasteiger partial charge < -0.3 is 14.0 Å². The van der Waals surface area contributed by atoms with Crippen LogP contribution in [0.15, 0.2) is 200 Å². The largest absolute Gasteiger partial charge is 0.310 e. The molecule has 3 nitrogen and oxygen atoms in total. The molecule has 0 bridgehead atoms. The van der Waals surface area contributed by atoms with Crippen LogP contribution in [0.25, 0.3) is 66.1 Å². The molecule has 2 heterocycles. The number of rotatable bonds is 6. The van der Waals surface area contributed by atoms with Gasteiger partial charge in [-0.25, -0.2) is 0 Å². The lowest BCUT2D eigenvalue weighted by molar-refractivity contribution is 1.18. The number of benzene rings is 8. The Balaban J connectivity index is 1.07. The average Bonchev–Trinajstić information content (AvgIpc) is 3.73. The molecule has 3 heteroatoms. The summed E-state index contributed by atoms with van der Waals surface area (Å²) in [6, 6.07) is 72.0. The Morgan fingerprint density at radius 3 is 1.35 bits per heavy atom. The van der Waals surface area contributed by atoms with Gasteiger partial charge in [-0.1, -0.05) is 121 Å². The summed E-state index contributed by atoms with van der Waals surface area (Å²) in [4.78, 5) is 2.39. The number of nitrogens with zero attached hydrogens (tertiary/aromatic N) is 3. The standard InChI is InChI=1S/C48H33N3/c1-3-14-36(15-4-1)49(46-24-13-25-47-48(46)42-20-9-12-23-45(42)51(47)37-16-5-2-6-17-37)38-30-26-34(27-31-38)35-28-32-39(33-29-35)50-43-21-10-7-18-40(43)41-19-8-11-22-44(41)50/h1-33H. The quantitative estimate of drug-likeness (QED) is 0.174. The number of para-hydroxylation sites is 5. The van der Waals surface area contributed by atoms with Gasteiger partial charge in [0.15, 0.2) is 0 Å². The summed E-state index contributed by atoms with van der Waals surface area (Å²) < 4.78 is 4.74. The Kier molecular flexibility index (Phi) is 6.81. The van der Waals surface area contributed by atoms with Crippen LogP contribution in [-0.4, -0.2) is 9.13 Å². The second kappa shape index (κ2) is 11.9. The third kappa shape index (κ3) is 4.74. The maximum Gasteiger partial charge on any atom is 0.0562 e. The molecule has 10 aromatic rings. The molecule has 0 N–H and O–H groups in total. The highest BCUT2D eigenvalue weighted by Gasteiger charge is 2.21. The first-order valence-corrected chi connectivity index (χ1v) is 17.5. The molecule has 0 aliphatic heterocycles. The monoisotopic (exact) mass is 651 g/mol. The van der Waals surface area contributed by atoms with Gasteiger partial charge in [0, 0.05) is 44.3 Å². The van der Waals surface area contributed by atoms with Crippen LogP contribution in [0, 0.1) is 0 Å². The molecule has 0 amide bonds. The van der Waals surface area contributed by atoms with Crippen LogP contribution < -0.4 is 4.90 Å². The molecule has 0 radical (unpaired) electrons. The summed E-state index contributed by atoms with van der Waals surface area (Å²) >= 11 is 0. The van der Waals surface area contributed by atoms with Crippen LogP contribution in [0.2, 0.25) is 0 Å². The minimum atomic E-state index is 1.11. The van der Waals surface area contributed by atoms with Crippen molar-refractivity contribution in [3.8, 4) is 22.5 Å². The molecule has 51 heavy (non-hydrogen) atoms. The molecule has 0 aliphatic carbocycles. The third-order valence-electron chi connectivity index (χ3n) is 10.1. The Bertz CT molecular complexity index is 2770. The van der Waals surface area contributed by atoms with E-state index in [1.54, 1.807) is 0 Å². The molecule has 0 fully saturated rings. The SMILES string of the molecule is c1ccc(N(c2ccc(-c3ccc(-n4c5ccccc5c5ccccc54)cc3)cc2)c2cccc3c2c2ccccc2n3-c2ccccc2)cc1. The highest BCUT2D eigenvalue weighted by Crippen LogP contribution is 2.44. The first kappa shape index (κ1) is 29.1. The average molecular weight is 652 g/mol. The Morgan fingerprint density at radius 2 is 0.725 bits per heavy atom. The lowest BCUT2D eigenvalue weighted by Crippen LogP contribution is -2.10. The lowest BCUT2D eigenvalue weighted by atomic mass is 10.0. The van der Waals surface area contributed by atoms with Crippen molar-refractivity contribution in [1.29, 1.82) is 0 Å². The highest BCUT2D eigenvalue weighted by molar-refractivity contribution is 6.16. The van der Waals surface area contributed by atoms with E-state index in [1.807, 2.05) is 0 Å². The second-order valence-electron chi connectivity index (χ2n) is 13.0. The van der Waals surface area contributed by atoms with Crippen LogP contribution in [0.3, 0.4) is 0 Å². The molecule has 0 unspecified atom stereocenters. The van der Waals surface area contributed by atoms with E-state index in [0.29, 0.717) is 0 Å². The van der Waals surface area contributed by atoms with Crippen molar-refractivity contribution in [3.63, 3.8) is 0 Å². The van der Waals surface area contributed by atoms with Crippen LogP contribution >= 0.6 is 0 Å². The summed E-state index contributed by atoms with van der Waals surface area (Å²) in [6.45, 7) is 0. The number of anilines is 3. The maximum atomic E-state index is 2.39. The van der Waals surface area contributed by atoms with Gasteiger partial charge in [0.25, 0.3) is 0 Å². The van der Waals surface area contributed by atoms with Gasteiger partial charge in [0.1, 0.15) is 0 Å². The minimum Gasteiger partial charge on any atom is -0.310 e. The van der Waals surface area contributed by atoms with E-state index < -0.39 is 0 Å². The molecule has 0 atom stereocenters. The van der Waals surface area contributed by atoms with Crippen LogP contribution in [0.1, 0.15) is 0 Å². The fourth-order valence-electron chi connectivity index (χ4n) is 7.85. The molecule has 10 rings (SSSR count). The highest BCUT2D eigenvalue weighted by atomic mass is 15.1. The molecular weight excluding hydrogens is 619 g/mol. The zero-order chi connectivity index (χ0) is 33.7. The van der Waals surface area contributed by atoms with Gasteiger partial charge in [-0.15, -0.1) is 0 Å². The number of hydrogen-bond donors (Lipinski definition) is 0. The van der Waals surface area contributed by atoms with Crippen molar-refractivity contribution in [3.05, 3.63) is 200 Å². The van der Waals surface area contributed by atoms with Gasteiger partial charge in [-0.2, -0.15) is 0 Å². The van der Waals surface area contributed by atoms with Crippen LogP contribution in [-0.2, 0) is 0 Å². The molecule has 8 aromatic carbocycles. The normalized spacial score (nSPS) is 11.5. The van der Waals surface area contributed by atoms with Crippen molar-refractivity contribution in [2.24, 2.45) is 0 Å². The van der Waals surface area contributed by atoms with Gasteiger partial charge in [0.05, 0.1) is 27.8 Å². The fourth-order valence-corrected chi connectivity index (χ4v) is 7.85. The number of aromatic nitrogens is 2. The summed E-state index contributed by atoms with van der Waals surface area (Å²) in [6.07, 6.45) is 0. The van der Waals surface area contributed by atoms with E-state index in [4.69, 9.17) is 0 Å². The molecule has 0 saturated carbocycles. The van der Waals surface area contributed by atoms with E-state index in [1.165, 1.54) is 54.7 Å². The second-order valence-corrected chi connectivity index (χ2v) is 13.0. The number of fused-ring (bicyclic) bond motifs is 6. The first-order chi connectivity index (χ1) is 25.3. The summed E-state index contributed by atoms with van der Waals surface area (Å²) in [5.74, 6) is 0. The number of hydrogen-bond acceptors (Lipinski definition) is 1. The fraction of sp³-hybridized carbons (Fsp3) is 0. The molecule has 0 spiro atoms. The van der Waals surface area contributed by atoms with Gasteiger partial charge in [-0.05, 0) is 90.0 Å². The predicted octanol–water partition coefficient (Wildman–Crippen LogP) is 13.0. The van der Waals surface area contributed by atoms with Gasteiger partial charge in [-0.3, -0.25) is 0 Å². The van der Waals surface area contributed by atoms with Crippen molar-refractivity contribution >= 4 is 60.7 Å². The Labute approximate surface area is 296 Å². The molecule has 0 saturated heterocycles. The van der Waals surface area contributed by atoms with E-state index >= 15 is 0 Å². The molecule has 0 aliphatic rings. The first-order valence-electron chi connectivity index (χ1n) is 17.5. The lowest BCUT2D eigenvalue weighted by Gasteiger charge is -2.26. The van der Waals surface area contributed by atoms with Gasteiger partial charge in [0.2, 0.25) is 0 Å². The summed E-state index contributed by atoms with van der Waals surface area (Å²) in [7, 11) is 0. The van der Waals surface area contributed by atoms with Crippen LogP contribution in [0.4, 0.5) is 17.1 Å². The Morgan fingerprint density at radius 1 is 0.294 bits per heavy atom. The van der Waals surface area contributed by atoms with Crippen LogP contribution in [0.5, 0.6) is 0 Å². The van der Waals surface area contributed by atoms with E-state index in [9.17, 15) is 0 Å². The van der Waals surface area contributed by atoms with E-state index in [2.05, 4.69) is 214 Å². The minimum absolute atomic E-state index is 1.11. The Hall–Kier alpha value is -6.84. The van der Waals surface area contributed by atoms with E-state index in [-0.39, 0.29) is 0 Å². The van der Waals surface area contributed by atoms with Crippen molar-refractivity contribution in [1.82, 2.24) is 9.13 Å². The summed E-state index contributed by atoms with van der Waals surface area (Å²) in [5, 5.41) is 5.01. The predicted molar refractivity (Wildman–Crippen MR) is 215 cm³/mol. The smallest absolute Gasteiger partial charge is 0.0562 e. The third-order valence-corrected chi connectivity index (χ3v) is 10.1. The molecule has 2 aromatic heterocycles. The zero-order valence-electron chi connectivity index (χ0n) is 27.9. The topological polar surface area (TPSA) is 13.1 Å².